The van der Waals surface area contributed by atoms with Crippen LogP contribution in [0.25, 0.3) is 5.57 Å². The third-order valence-electron chi connectivity index (χ3n) is 8.11. The van der Waals surface area contributed by atoms with Crippen LogP contribution in [0.2, 0.25) is 0 Å². The second kappa shape index (κ2) is 11.2. The lowest BCUT2D eigenvalue weighted by Gasteiger charge is -2.48. The summed E-state index contributed by atoms with van der Waals surface area (Å²) >= 11 is 0. The first kappa shape index (κ1) is 29.2. The van der Waals surface area contributed by atoms with E-state index in [4.69, 9.17) is 0 Å². The Morgan fingerprint density at radius 2 is 1.80 bits per heavy atom. The molecule has 222 valence electrons. The second-order valence-electron chi connectivity index (χ2n) is 11.1. The fourth-order valence-corrected chi connectivity index (χ4v) is 6.32. The molecule has 1 saturated heterocycles. The van der Waals surface area contributed by atoms with Crippen LogP contribution in [0.3, 0.4) is 0 Å². The first-order valence-corrected chi connectivity index (χ1v) is 13.5. The number of nitrogens with one attached hydrogen (secondary N) is 1. The number of likely N-dealkylation sites (N-methyl/N-ethyl adjacent to an activating group) is 1. The Morgan fingerprint density at radius 1 is 1.12 bits per heavy atom. The molecule has 0 radical (unpaired) electrons. The van der Waals surface area contributed by atoms with E-state index in [-0.39, 0.29) is 30.3 Å². The zero-order valence-electron chi connectivity index (χ0n) is 22.7. The topological polar surface area (TPSA) is 59.0 Å². The minimum Gasteiger partial charge on any atom is -0.478 e. The van der Waals surface area contributed by atoms with Gasteiger partial charge in [0.15, 0.2) is 0 Å². The molecule has 2 aromatic carbocycles. The maximum absolute atomic E-state index is 15.8. The van der Waals surface area contributed by atoms with Crippen LogP contribution in [0.5, 0.6) is 0 Å². The van der Waals surface area contributed by atoms with Gasteiger partial charge >= 0.3 is 12.1 Å². The van der Waals surface area contributed by atoms with E-state index in [1.54, 1.807) is 24.9 Å². The summed E-state index contributed by atoms with van der Waals surface area (Å²) in [6.07, 6.45) is -4.01. The number of carboxylic acid groups (broad SMARTS) is 1. The summed E-state index contributed by atoms with van der Waals surface area (Å²) in [4.78, 5) is 16.3. The number of carboxylic acids is 1. The predicted molar refractivity (Wildman–Crippen MR) is 142 cm³/mol. The number of alkyl halides is 4. The van der Waals surface area contributed by atoms with Crippen molar-refractivity contribution >= 4 is 17.2 Å². The Balaban J connectivity index is 1.54. The van der Waals surface area contributed by atoms with Crippen LogP contribution in [0.1, 0.15) is 52.9 Å². The van der Waals surface area contributed by atoms with E-state index in [9.17, 15) is 27.5 Å². The highest BCUT2D eigenvalue weighted by Crippen LogP contribution is 2.49. The van der Waals surface area contributed by atoms with Crippen molar-refractivity contribution in [3.63, 3.8) is 0 Å². The molecule has 0 saturated carbocycles. The van der Waals surface area contributed by atoms with E-state index in [1.165, 1.54) is 12.1 Å². The highest BCUT2D eigenvalue weighted by Gasteiger charge is 2.46. The van der Waals surface area contributed by atoms with Crippen molar-refractivity contribution in [2.75, 3.05) is 45.2 Å². The fourth-order valence-electron chi connectivity index (χ4n) is 6.32. The normalized spacial score (nSPS) is 21.9. The van der Waals surface area contributed by atoms with Gasteiger partial charge in [0.2, 0.25) is 0 Å². The molecular weight excluding hydrogens is 550 g/mol. The van der Waals surface area contributed by atoms with Crippen molar-refractivity contribution in [2.45, 2.75) is 50.6 Å². The van der Waals surface area contributed by atoms with E-state index in [0.29, 0.717) is 48.5 Å². The number of nitrogens with zero attached hydrogens (tertiary/aromatic N) is 3. The number of aromatic carboxylic acids is 1. The van der Waals surface area contributed by atoms with Crippen molar-refractivity contribution in [1.29, 1.82) is 0 Å². The van der Waals surface area contributed by atoms with Crippen LogP contribution in [0, 0.1) is 11.6 Å². The molecule has 12 heteroatoms. The van der Waals surface area contributed by atoms with Gasteiger partial charge in [-0.25, -0.2) is 13.6 Å². The highest BCUT2D eigenvalue weighted by atomic mass is 19.4. The van der Waals surface area contributed by atoms with Crippen LogP contribution < -0.4 is 5.32 Å². The molecule has 0 unspecified atom stereocenters. The number of anilines is 1. The molecule has 3 aliphatic rings. The van der Waals surface area contributed by atoms with Gasteiger partial charge in [0.25, 0.3) is 0 Å². The molecule has 0 spiro atoms. The van der Waals surface area contributed by atoms with Crippen molar-refractivity contribution in [3.05, 3.63) is 69.9 Å². The minimum absolute atomic E-state index is 0.0810. The van der Waals surface area contributed by atoms with Gasteiger partial charge in [-0.15, -0.1) is 0 Å². The van der Waals surface area contributed by atoms with E-state index in [0.717, 1.165) is 17.0 Å². The number of halogens is 6. The van der Waals surface area contributed by atoms with Gasteiger partial charge in [-0.2, -0.15) is 13.2 Å². The zero-order chi connectivity index (χ0) is 29.6. The van der Waals surface area contributed by atoms with Crippen LogP contribution in [-0.2, 0) is 6.54 Å². The molecule has 2 N–H and O–H groups in total. The molecule has 2 aromatic rings. The van der Waals surface area contributed by atoms with Crippen LogP contribution >= 0.6 is 0 Å². The fraction of sp³-hybridized carbons (Fsp3) is 0.483. The molecule has 0 amide bonds. The van der Waals surface area contributed by atoms with E-state index >= 15 is 8.78 Å². The predicted octanol–water partition coefficient (Wildman–Crippen LogP) is 5.67. The number of benzene rings is 2. The van der Waals surface area contributed by atoms with Crippen LogP contribution in [0.4, 0.5) is 32.0 Å². The molecule has 3 aliphatic heterocycles. The molecule has 0 bridgehead atoms. The molecule has 41 heavy (non-hydrogen) atoms. The summed E-state index contributed by atoms with van der Waals surface area (Å²) in [7, 11) is 1.64. The molecular formula is C29H32F6N4O2. The molecule has 1 fully saturated rings. The standard InChI is InChI=1S/C29H32F6N4O2/c1-16-8-22-21-5-4-17(28(40)41)9-18(21)12-37(2)26(22)27(39(16)15-29(33,34)35)25-23(31)10-19(11-24(25)32)36-20-13-38(14-20)7-3-6-30/h4-5,9-11,16,20,27,36H,3,6-8,12-15H2,1-2H3,(H,40,41)/t16-,27-/m1/s1. The summed E-state index contributed by atoms with van der Waals surface area (Å²) in [5.74, 6) is -3.02. The number of hydrogen-bond acceptors (Lipinski definition) is 5. The number of rotatable bonds is 8. The first-order valence-electron chi connectivity index (χ1n) is 13.5. The average molecular weight is 583 g/mol. The second-order valence-corrected chi connectivity index (χ2v) is 11.1. The third kappa shape index (κ3) is 5.90. The molecule has 3 heterocycles. The molecule has 0 aliphatic carbocycles. The summed E-state index contributed by atoms with van der Waals surface area (Å²) in [6, 6.07) is 4.65. The maximum Gasteiger partial charge on any atom is 0.401 e. The number of hydrogen-bond donors (Lipinski definition) is 2. The van der Waals surface area contributed by atoms with Crippen molar-refractivity contribution in [2.24, 2.45) is 0 Å². The lowest BCUT2D eigenvalue weighted by Crippen LogP contribution is -2.54. The van der Waals surface area contributed by atoms with Gasteiger partial charge in [0, 0.05) is 56.2 Å². The summed E-state index contributed by atoms with van der Waals surface area (Å²) in [5.41, 5.74) is 2.17. The minimum atomic E-state index is -4.61. The number of likely N-dealkylation sites (tertiary alicyclic amines) is 1. The van der Waals surface area contributed by atoms with Gasteiger partial charge in [-0.05, 0) is 60.7 Å². The largest absolute Gasteiger partial charge is 0.478 e. The average Bonchev–Trinajstić information content (AvgIpc) is 2.85. The first-order chi connectivity index (χ1) is 19.4. The monoisotopic (exact) mass is 582 g/mol. The molecule has 5 rings (SSSR count). The molecule has 6 nitrogen and oxygen atoms in total. The summed E-state index contributed by atoms with van der Waals surface area (Å²) < 4.78 is 85.4. The van der Waals surface area contributed by atoms with Gasteiger partial charge in [0.05, 0.1) is 30.9 Å². The Morgan fingerprint density at radius 3 is 2.41 bits per heavy atom. The highest BCUT2D eigenvalue weighted by molar-refractivity contribution is 5.89. The third-order valence-corrected chi connectivity index (χ3v) is 8.11. The Labute approximate surface area is 234 Å². The summed E-state index contributed by atoms with van der Waals surface area (Å²) in [5, 5.41) is 12.5. The van der Waals surface area contributed by atoms with Crippen LogP contribution in [0.15, 0.2) is 36.0 Å². The van der Waals surface area contributed by atoms with Crippen molar-refractivity contribution in [3.8, 4) is 0 Å². The maximum atomic E-state index is 15.8. The Kier molecular flexibility index (Phi) is 7.99. The smallest absolute Gasteiger partial charge is 0.401 e. The Bertz CT molecular complexity index is 1330. The van der Waals surface area contributed by atoms with Gasteiger partial charge in [-0.1, -0.05) is 6.07 Å². The molecule has 0 aromatic heterocycles. The lowest BCUT2D eigenvalue weighted by molar-refractivity contribution is -0.156. The van der Waals surface area contributed by atoms with E-state index < -0.39 is 54.6 Å². The number of fused-ring (bicyclic) bond motifs is 2. The van der Waals surface area contributed by atoms with Gasteiger partial charge in [-0.3, -0.25) is 14.2 Å². The van der Waals surface area contributed by atoms with Gasteiger partial charge in [0.1, 0.15) is 11.6 Å². The SMILES string of the molecule is C[C@@H]1CC2=C([C@@H](c3c(F)cc(NC4CN(CCCF)C4)cc3F)N1CC(F)(F)F)N(C)Cc1cc(C(=O)O)ccc12. The van der Waals surface area contributed by atoms with E-state index in [1.807, 2.05) is 4.90 Å². The van der Waals surface area contributed by atoms with Crippen molar-refractivity contribution < 1.29 is 36.2 Å². The number of carbonyl (C=O) groups is 1. The Hall–Kier alpha value is -3.25. The van der Waals surface area contributed by atoms with Crippen molar-refractivity contribution in [1.82, 2.24) is 14.7 Å². The van der Waals surface area contributed by atoms with E-state index in [2.05, 4.69) is 5.32 Å². The lowest BCUT2D eigenvalue weighted by atomic mass is 9.80. The van der Waals surface area contributed by atoms with Gasteiger partial charge < -0.3 is 15.3 Å². The van der Waals surface area contributed by atoms with Crippen LogP contribution in [-0.4, -0.2) is 83.9 Å². The molecule has 2 atom stereocenters. The quantitative estimate of drug-likeness (QED) is 0.391. The summed E-state index contributed by atoms with van der Waals surface area (Å²) in [6.45, 7) is 1.77. The zero-order valence-corrected chi connectivity index (χ0v) is 22.7.